The number of rotatable bonds is 7. The smallest absolute Gasteiger partial charge is 0.0233 e. The van der Waals surface area contributed by atoms with Gasteiger partial charge in [0.05, 0.1) is 0 Å². The van der Waals surface area contributed by atoms with Gasteiger partial charge >= 0.3 is 0 Å². The highest BCUT2D eigenvalue weighted by Gasteiger charge is 2.05. The summed E-state index contributed by atoms with van der Waals surface area (Å²) in [6.07, 6.45) is 2.24. The van der Waals surface area contributed by atoms with Crippen molar-refractivity contribution in [2.75, 3.05) is 20.1 Å². The van der Waals surface area contributed by atoms with Crippen LogP contribution >= 0.6 is 0 Å². The molecule has 0 radical (unpaired) electrons. The number of nitrogens with two attached hydrogens (primary N) is 1. The molecule has 1 aromatic rings. The zero-order chi connectivity index (χ0) is 12.7. The van der Waals surface area contributed by atoms with Gasteiger partial charge in [-0.15, -0.1) is 0 Å². The van der Waals surface area contributed by atoms with Gasteiger partial charge in [0.2, 0.25) is 0 Å². The van der Waals surface area contributed by atoms with Crippen molar-refractivity contribution in [1.29, 1.82) is 0 Å². The first-order valence-electron chi connectivity index (χ1n) is 6.59. The van der Waals surface area contributed by atoms with E-state index in [2.05, 4.69) is 50.1 Å². The first-order chi connectivity index (χ1) is 8.13. The van der Waals surface area contributed by atoms with Gasteiger partial charge in [0.15, 0.2) is 0 Å². The minimum Gasteiger partial charge on any atom is -0.330 e. The summed E-state index contributed by atoms with van der Waals surface area (Å²) >= 11 is 0. The first kappa shape index (κ1) is 14.2. The first-order valence-corrected chi connectivity index (χ1v) is 6.59. The van der Waals surface area contributed by atoms with Crippen LogP contribution in [0.15, 0.2) is 24.3 Å². The molecule has 0 amide bonds. The molecule has 0 bridgehead atoms. The van der Waals surface area contributed by atoms with Crippen LogP contribution < -0.4 is 5.73 Å². The summed E-state index contributed by atoms with van der Waals surface area (Å²) in [6, 6.07) is 8.63. The van der Waals surface area contributed by atoms with E-state index in [-0.39, 0.29) is 0 Å². The van der Waals surface area contributed by atoms with E-state index in [0.717, 1.165) is 32.0 Å². The Morgan fingerprint density at radius 2 is 1.82 bits per heavy atom. The third kappa shape index (κ3) is 5.33. The Bertz CT molecular complexity index is 320. The van der Waals surface area contributed by atoms with Crippen LogP contribution in [0.25, 0.3) is 0 Å². The lowest BCUT2D eigenvalue weighted by Crippen LogP contribution is -2.21. The molecule has 0 heterocycles. The van der Waals surface area contributed by atoms with E-state index in [4.69, 9.17) is 5.73 Å². The van der Waals surface area contributed by atoms with Crippen LogP contribution in [0.2, 0.25) is 0 Å². The molecule has 0 spiro atoms. The zero-order valence-corrected chi connectivity index (χ0v) is 11.4. The van der Waals surface area contributed by atoms with Crippen LogP contribution in [0.1, 0.15) is 31.4 Å². The topological polar surface area (TPSA) is 29.3 Å². The van der Waals surface area contributed by atoms with Crippen LogP contribution in [0.3, 0.4) is 0 Å². The molecule has 96 valence electrons. The Labute approximate surface area is 106 Å². The van der Waals surface area contributed by atoms with Crippen molar-refractivity contribution in [1.82, 2.24) is 4.90 Å². The van der Waals surface area contributed by atoms with Crippen LogP contribution in [0.4, 0.5) is 0 Å². The molecule has 17 heavy (non-hydrogen) atoms. The molecular weight excluding hydrogens is 208 g/mol. The van der Waals surface area contributed by atoms with E-state index in [9.17, 15) is 0 Å². The predicted molar refractivity (Wildman–Crippen MR) is 75.0 cm³/mol. The molecule has 2 nitrogen and oxygen atoms in total. The monoisotopic (exact) mass is 234 g/mol. The third-order valence-corrected chi connectivity index (χ3v) is 3.06. The van der Waals surface area contributed by atoms with Crippen LogP contribution in [-0.2, 0) is 13.0 Å². The SMILES string of the molecule is CC(C)CCN(C)Cc1ccccc1CCN. The van der Waals surface area contributed by atoms with Gasteiger partial charge in [-0.1, -0.05) is 38.1 Å². The minimum absolute atomic E-state index is 0.729. The Morgan fingerprint density at radius 1 is 1.18 bits per heavy atom. The molecule has 0 atom stereocenters. The van der Waals surface area contributed by atoms with Gasteiger partial charge in [-0.05, 0) is 50.0 Å². The average Bonchev–Trinajstić information content (AvgIpc) is 2.29. The van der Waals surface area contributed by atoms with Crippen LogP contribution in [0, 0.1) is 5.92 Å². The maximum Gasteiger partial charge on any atom is 0.0233 e. The quantitative estimate of drug-likeness (QED) is 0.786. The largest absolute Gasteiger partial charge is 0.330 e. The number of hydrogen-bond donors (Lipinski definition) is 1. The molecular formula is C15H26N2. The molecule has 2 heteroatoms. The predicted octanol–water partition coefficient (Wildman–Crippen LogP) is 2.67. The third-order valence-electron chi connectivity index (χ3n) is 3.06. The lowest BCUT2D eigenvalue weighted by molar-refractivity contribution is 0.302. The summed E-state index contributed by atoms with van der Waals surface area (Å²) < 4.78 is 0. The standard InChI is InChI=1S/C15H26N2/c1-13(2)9-11-17(3)12-15-7-5-4-6-14(15)8-10-16/h4-7,13H,8-12,16H2,1-3H3. The van der Waals surface area contributed by atoms with Gasteiger partial charge in [0.25, 0.3) is 0 Å². The second kappa shape index (κ2) is 7.46. The van der Waals surface area contributed by atoms with Crippen molar-refractivity contribution < 1.29 is 0 Å². The molecule has 2 N–H and O–H groups in total. The maximum absolute atomic E-state index is 5.65. The Hall–Kier alpha value is -0.860. The van der Waals surface area contributed by atoms with Crippen molar-refractivity contribution in [3.63, 3.8) is 0 Å². The molecule has 0 saturated carbocycles. The molecule has 0 aliphatic carbocycles. The molecule has 0 aromatic heterocycles. The van der Waals surface area contributed by atoms with Gasteiger partial charge in [-0.3, -0.25) is 0 Å². The zero-order valence-electron chi connectivity index (χ0n) is 11.4. The fourth-order valence-electron chi connectivity index (χ4n) is 1.96. The summed E-state index contributed by atoms with van der Waals surface area (Å²) in [4.78, 5) is 2.40. The van der Waals surface area contributed by atoms with Crippen molar-refractivity contribution in [2.24, 2.45) is 11.7 Å². The van der Waals surface area contributed by atoms with E-state index < -0.39 is 0 Å². The van der Waals surface area contributed by atoms with E-state index >= 15 is 0 Å². The highest BCUT2D eigenvalue weighted by molar-refractivity contribution is 5.27. The van der Waals surface area contributed by atoms with E-state index in [1.165, 1.54) is 17.5 Å². The summed E-state index contributed by atoms with van der Waals surface area (Å²) in [5.74, 6) is 0.775. The fourth-order valence-corrected chi connectivity index (χ4v) is 1.96. The molecule has 0 saturated heterocycles. The summed E-state index contributed by atoms with van der Waals surface area (Å²) in [7, 11) is 2.20. The van der Waals surface area contributed by atoms with E-state index in [1.807, 2.05) is 0 Å². The molecule has 0 unspecified atom stereocenters. The van der Waals surface area contributed by atoms with Crippen molar-refractivity contribution in [3.05, 3.63) is 35.4 Å². The van der Waals surface area contributed by atoms with Gasteiger partial charge < -0.3 is 10.6 Å². The average molecular weight is 234 g/mol. The molecule has 0 aliphatic rings. The van der Waals surface area contributed by atoms with E-state index in [1.54, 1.807) is 0 Å². The van der Waals surface area contributed by atoms with Gasteiger partial charge in [-0.2, -0.15) is 0 Å². The fraction of sp³-hybridized carbons (Fsp3) is 0.600. The normalized spacial score (nSPS) is 11.4. The second-order valence-corrected chi connectivity index (χ2v) is 5.23. The number of hydrogen-bond acceptors (Lipinski definition) is 2. The summed E-state index contributed by atoms with van der Waals surface area (Å²) in [5, 5.41) is 0. The van der Waals surface area contributed by atoms with Crippen LogP contribution in [-0.4, -0.2) is 25.0 Å². The summed E-state index contributed by atoms with van der Waals surface area (Å²) in [6.45, 7) is 7.47. The van der Waals surface area contributed by atoms with Crippen molar-refractivity contribution in [3.8, 4) is 0 Å². The van der Waals surface area contributed by atoms with Crippen molar-refractivity contribution in [2.45, 2.75) is 33.2 Å². The lowest BCUT2D eigenvalue weighted by Gasteiger charge is -2.19. The lowest BCUT2D eigenvalue weighted by atomic mass is 10.0. The Balaban J connectivity index is 2.54. The van der Waals surface area contributed by atoms with Crippen LogP contribution in [0.5, 0.6) is 0 Å². The molecule has 0 fully saturated rings. The number of benzene rings is 1. The number of nitrogens with zero attached hydrogens (tertiary/aromatic N) is 1. The van der Waals surface area contributed by atoms with E-state index in [0.29, 0.717) is 0 Å². The minimum atomic E-state index is 0.729. The van der Waals surface area contributed by atoms with Gasteiger partial charge in [0, 0.05) is 6.54 Å². The second-order valence-electron chi connectivity index (χ2n) is 5.23. The Kier molecular flexibility index (Phi) is 6.23. The highest BCUT2D eigenvalue weighted by atomic mass is 15.1. The molecule has 0 aliphatic heterocycles. The van der Waals surface area contributed by atoms with Gasteiger partial charge in [0.1, 0.15) is 0 Å². The maximum atomic E-state index is 5.65. The van der Waals surface area contributed by atoms with Crippen molar-refractivity contribution >= 4 is 0 Å². The van der Waals surface area contributed by atoms with Gasteiger partial charge in [-0.25, -0.2) is 0 Å². The molecule has 1 aromatic carbocycles. The Morgan fingerprint density at radius 3 is 2.41 bits per heavy atom. The highest BCUT2D eigenvalue weighted by Crippen LogP contribution is 2.12. The summed E-state index contributed by atoms with van der Waals surface area (Å²) in [5.41, 5.74) is 8.46. The molecule has 1 rings (SSSR count).